The highest BCUT2D eigenvalue weighted by molar-refractivity contribution is 6.38. The predicted octanol–water partition coefficient (Wildman–Crippen LogP) is 4.10. The number of likely N-dealkylation sites (tertiary alicyclic amines) is 1. The number of carboxylic acid groups (broad SMARTS) is 2. The van der Waals surface area contributed by atoms with Gasteiger partial charge in [0.1, 0.15) is 18.4 Å². The second-order valence-electron chi connectivity index (χ2n) is 10.5. The summed E-state index contributed by atoms with van der Waals surface area (Å²) >= 11 is 0. The average molecular weight is 582 g/mol. The number of benzene rings is 2. The largest absolute Gasteiger partial charge is 0.482 e. The molecule has 0 aliphatic carbocycles. The van der Waals surface area contributed by atoms with Gasteiger partial charge in [-0.15, -0.1) is 0 Å². The summed E-state index contributed by atoms with van der Waals surface area (Å²) < 4.78 is 10.00. The van der Waals surface area contributed by atoms with Crippen LogP contribution in [0.15, 0.2) is 67.3 Å². The van der Waals surface area contributed by atoms with Crippen molar-refractivity contribution in [3.63, 3.8) is 0 Å². The first kappa shape index (κ1) is 33.7. The number of hydrogen-bond acceptors (Lipinski definition) is 7. The Hall–Kier alpha value is -4.47. The molecule has 0 radical (unpaired) electrons. The Labute approximate surface area is 245 Å². The van der Waals surface area contributed by atoms with Crippen molar-refractivity contribution in [2.45, 2.75) is 58.4 Å². The third kappa shape index (κ3) is 11.2. The van der Waals surface area contributed by atoms with E-state index in [0.717, 1.165) is 30.2 Å². The lowest BCUT2D eigenvalue weighted by Crippen LogP contribution is -2.53. The summed E-state index contributed by atoms with van der Waals surface area (Å²) in [5, 5.41) is 17.8. The summed E-state index contributed by atoms with van der Waals surface area (Å²) in [4.78, 5) is 58.5. The number of aryl methyl sites for hydroxylation is 2. The summed E-state index contributed by atoms with van der Waals surface area (Å²) in [5.74, 6) is -3.75. The molecular weight excluding hydrogens is 542 g/mol. The van der Waals surface area contributed by atoms with Crippen molar-refractivity contribution in [1.82, 2.24) is 4.90 Å². The number of hydrogen-bond donors (Lipinski definition) is 2. The number of nitrogens with zero attached hydrogens (tertiary/aromatic N) is 1. The summed E-state index contributed by atoms with van der Waals surface area (Å²) in [7, 11) is 0. The van der Waals surface area contributed by atoms with Crippen LogP contribution in [-0.2, 0) is 41.6 Å². The van der Waals surface area contributed by atoms with Crippen LogP contribution in [0.3, 0.4) is 0 Å². The second kappa shape index (κ2) is 16.7. The molecule has 42 heavy (non-hydrogen) atoms. The number of Topliss-reactive ketones (excluding diaryl/α,β-unsaturated/α-hetero) is 1. The van der Waals surface area contributed by atoms with Crippen LogP contribution in [0.1, 0.15) is 50.7 Å². The molecule has 0 bridgehead atoms. The van der Waals surface area contributed by atoms with Crippen molar-refractivity contribution in [3.05, 3.63) is 78.4 Å². The molecule has 2 aromatic carbocycles. The molecule has 1 saturated heterocycles. The summed E-state index contributed by atoms with van der Waals surface area (Å²) in [6.45, 7) is 5.87. The monoisotopic (exact) mass is 581 g/mol. The van der Waals surface area contributed by atoms with Gasteiger partial charge < -0.3 is 24.6 Å². The molecule has 0 spiro atoms. The maximum absolute atomic E-state index is 12.3. The van der Waals surface area contributed by atoms with Crippen molar-refractivity contribution >= 4 is 29.6 Å². The van der Waals surface area contributed by atoms with Crippen molar-refractivity contribution in [2.75, 3.05) is 19.8 Å². The molecule has 10 nitrogen and oxygen atoms in total. The van der Waals surface area contributed by atoms with Gasteiger partial charge in [0.15, 0.2) is 6.61 Å². The fraction of sp³-hybridized carbons (Fsp3) is 0.406. The van der Waals surface area contributed by atoms with Crippen LogP contribution in [0.4, 0.5) is 0 Å². The number of carboxylic acids is 2. The normalized spacial score (nSPS) is 14.5. The molecule has 10 heteroatoms. The lowest BCUT2D eigenvalue weighted by Gasteiger charge is -2.34. The second-order valence-corrected chi connectivity index (χ2v) is 10.5. The average Bonchev–Trinajstić information content (AvgIpc) is 2.99. The van der Waals surface area contributed by atoms with Crippen LogP contribution >= 0.6 is 0 Å². The van der Waals surface area contributed by atoms with Gasteiger partial charge in [0.2, 0.25) is 5.78 Å². The van der Waals surface area contributed by atoms with Gasteiger partial charge in [-0.3, -0.25) is 9.59 Å². The van der Waals surface area contributed by atoms with Crippen molar-refractivity contribution in [2.24, 2.45) is 5.41 Å². The number of ketones is 1. The van der Waals surface area contributed by atoms with Crippen LogP contribution in [0.5, 0.6) is 5.75 Å². The fourth-order valence-corrected chi connectivity index (χ4v) is 4.30. The molecule has 1 aliphatic heterocycles. The van der Waals surface area contributed by atoms with Gasteiger partial charge in [-0.1, -0.05) is 49.0 Å². The number of piperidine rings is 1. The van der Waals surface area contributed by atoms with Gasteiger partial charge in [-0.2, -0.15) is 0 Å². The first-order chi connectivity index (χ1) is 19.9. The number of esters is 1. The molecule has 2 N–H and O–H groups in total. The van der Waals surface area contributed by atoms with E-state index in [0.29, 0.717) is 25.0 Å². The molecule has 1 heterocycles. The lowest BCUT2D eigenvalue weighted by atomic mass is 9.87. The van der Waals surface area contributed by atoms with E-state index in [-0.39, 0.29) is 19.8 Å². The topological polar surface area (TPSA) is 148 Å². The van der Waals surface area contributed by atoms with Crippen molar-refractivity contribution in [3.8, 4) is 5.75 Å². The highest BCUT2D eigenvalue weighted by Crippen LogP contribution is 2.23. The fourth-order valence-electron chi connectivity index (χ4n) is 4.30. The van der Waals surface area contributed by atoms with E-state index in [9.17, 15) is 24.0 Å². The van der Waals surface area contributed by atoms with Crippen LogP contribution in [0, 0.1) is 5.41 Å². The van der Waals surface area contributed by atoms with Gasteiger partial charge in [-0.25, -0.2) is 14.4 Å². The Bertz CT molecular complexity index is 1240. The van der Waals surface area contributed by atoms with E-state index in [1.54, 1.807) is 6.07 Å². The minimum atomic E-state index is -1.23. The minimum Gasteiger partial charge on any atom is -0.482 e. The number of amides is 1. The summed E-state index contributed by atoms with van der Waals surface area (Å²) in [6, 6.07) is 17.0. The predicted molar refractivity (Wildman–Crippen MR) is 155 cm³/mol. The van der Waals surface area contributed by atoms with Crippen LogP contribution in [-0.4, -0.2) is 70.5 Å². The standard InChI is InChI=1S/C17H18O3.C15H21NO6/c18-17(19)13-20-16-11-5-10-15(12-16)9-4-8-14-6-2-1-3-7-14;1-4-11(17)22-9-15(2,3)12(18)13(19)16-8-6-5-7-10(16)14(20)21/h1-3,5-7,10-12H,4,8-9,13H2,(H,18,19);4,10H,1,5-9H2,2-3H3,(H,20,21). The van der Waals surface area contributed by atoms with Crippen molar-refractivity contribution < 1.29 is 43.7 Å². The minimum absolute atomic E-state index is 0.240. The first-order valence-electron chi connectivity index (χ1n) is 13.8. The zero-order valence-electron chi connectivity index (χ0n) is 24.1. The zero-order chi connectivity index (χ0) is 31.1. The summed E-state index contributed by atoms with van der Waals surface area (Å²) in [5.41, 5.74) is 1.28. The molecule has 1 amide bonds. The van der Waals surface area contributed by atoms with Gasteiger partial charge in [0.25, 0.3) is 5.91 Å². The number of carbonyl (C=O) groups is 5. The third-order valence-corrected chi connectivity index (χ3v) is 6.63. The Kier molecular flexibility index (Phi) is 13.4. The van der Waals surface area contributed by atoms with E-state index in [1.165, 1.54) is 25.0 Å². The molecule has 0 aromatic heterocycles. The quantitative estimate of drug-likeness (QED) is 0.203. The molecule has 226 valence electrons. The summed E-state index contributed by atoms with van der Waals surface area (Å²) in [6.07, 6.45) is 5.73. The highest BCUT2D eigenvalue weighted by atomic mass is 16.5. The molecule has 1 fully saturated rings. The van der Waals surface area contributed by atoms with Crippen LogP contribution in [0.25, 0.3) is 0 Å². The van der Waals surface area contributed by atoms with E-state index < -0.39 is 41.1 Å². The van der Waals surface area contributed by atoms with Crippen LogP contribution in [0.2, 0.25) is 0 Å². The van der Waals surface area contributed by atoms with E-state index in [1.807, 2.05) is 24.3 Å². The molecule has 2 aromatic rings. The number of ether oxygens (including phenoxy) is 2. The molecule has 0 saturated carbocycles. The smallest absolute Gasteiger partial charge is 0.341 e. The van der Waals surface area contributed by atoms with Gasteiger partial charge in [0, 0.05) is 12.6 Å². The zero-order valence-corrected chi connectivity index (χ0v) is 24.1. The number of carbonyl (C=O) groups excluding carboxylic acids is 3. The third-order valence-electron chi connectivity index (χ3n) is 6.63. The maximum atomic E-state index is 12.3. The SMILES string of the molecule is C=CC(=O)OCC(C)(C)C(=O)C(=O)N1CCCCC1C(=O)O.O=C(O)COc1cccc(CCCc2ccccc2)c1. The molecule has 1 aliphatic rings. The van der Waals surface area contributed by atoms with E-state index in [2.05, 4.69) is 30.8 Å². The van der Waals surface area contributed by atoms with Gasteiger partial charge >= 0.3 is 17.9 Å². The highest BCUT2D eigenvalue weighted by Gasteiger charge is 2.41. The first-order valence-corrected chi connectivity index (χ1v) is 13.8. The Balaban J connectivity index is 0.000000294. The number of aliphatic carboxylic acids is 2. The van der Waals surface area contributed by atoms with Gasteiger partial charge in [0.05, 0.1) is 5.41 Å². The lowest BCUT2D eigenvalue weighted by molar-refractivity contribution is -0.159. The Morgan fingerprint density at radius 2 is 1.64 bits per heavy atom. The molecule has 1 unspecified atom stereocenters. The van der Waals surface area contributed by atoms with E-state index >= 15 is 0 Å². The molecular formula is C32H39NO9. The Morgan fingerprint density at radius 1 is 0.976 bits per heavy atom. The molecule has 3 rings (SSSR count). The van der Waals surface area contributed by atoms with Gasteiger partial charge in [-0.05, 0) is 75.6 Å². The Morgan fingerprint density at radius 3 is 2.29 bits per heavy atom. The maximum Gasteiger partial charge on any atom is 0.341 e. The van der Waals surface area contributed by atoms with Crippen LogP contribution < -0.4 is 4.74 Å². The van der Waals surface area contributed by atoms with Crippen molar-refractivity contribution in [1.29, 1.82) is 0 Å². The van der Waals surface area contributed by atoms with E-state index in [4.69, 9.17) is 19.7 Å². The molecule has 1 atom stereocenters. The number of rotatable bonds is 13.